The van der Waals surface area contributed by atoms with Crippen molar-refractivity contribution in [3.05, 3.63) is 29.6 Å². The van der Waals surface area contributed by atoms with Gasteiger partial charge in [0.15, 0.2) is 5.96 Å². The van der Waals surface area contributed by atoms with E-state index in [1.807, 2.05) is 0 Å². The van der Waals surface area contributed by atoms with E-state index in [-0.39, 0.29) is 30.1 Å². The van der Waals surface area contributed by atoms with Gasteiger partial charge in [0.05, 0.1) is 18.8 Å². The summed E-state index contributed by atoms with van der Waals surface area (Å²) in [6.07, 6.45) is 5.48. The Labute approximate surface area is 175 Å². The van der Waals surface area contributed by atoms with Gasteiger partial charge in [0.2, 0.25) is 0 Å². The molecule has 3 rings (SSSR count). The van der Waals surface area contributed by atoms with E-state index >= 15 is 0 Å². The molecule has 2 fully saturated rings. The monoisotopic (exact) mass is 429 g/mol. The van der Waals surface area contributed by atoms with Gasteiger partial charge in [-0.05, 0) is 44.2 Å². The number of nitrogens with zero attached hydrogens (tertiary/aromatic N) is 2. The number of ether oxygens (including phenoxy) is 3. The van der Waals surface area contributed by atoms with Crippen LogP contribution < -0.4 is 10.1 Å². The first kappa shape index (κ1) is 22.7. The van der Waals surface area contributed by atoms with E-state index in [1.165, 1.54) is 24.6 Å². The van der Waals surface area contributed by atoms with E-state index < -0.39 is 12.4 Å². The van der Waals surface area contributed by atoms with Crippen LogP contribution in [0.15, 0.2) is 23.2 Å². The minimum atomic E-state index is -3.01. The van der Waals surface area contributed by atoms with Crippen LogP contribution >= 0.6 is 0 Å². The van der Waals surface area contributed by atoms with Crippen molar-refractivity contribution >= 4 is 5.96 Å². The lowest BCUT2D eigenvalue weighted by molar-refractivity contribution is -0.0721. The Morgan fingerprint density at radius 2 is 2.07 bits per heavy atom. The highest BCUT2D eigenvalue weighted by Gasteiger charge is 2.24. The average Bonchev–Trinajstić information content (AvgIpc) is 2.75. The first-order valence-corrected chi connectivity index (χ1v) is 10.5. The third-order valence-corrected chi connectivity index (χ3v) is 5.46. The predicted molar refractivity (Wildman–Crippen MR) is 107 cm³/mol. The Hall–Kier alpha value is -2.00. The number of guanidine groups is 1. The van der Waals surface area contributed by atoms with Crippen molar-refractivity contribution < 1.29 is 27.4 Å². The molecule has 2 aliphatic rings. The fraction of sp³-hybridized carbons (Fsp3) is 0.667. The van der Waals surface area contributed by atoms with Crippen LogP contribution in [0.5, 0.6) is 5.75 Å². The zero-order valence-electron chi connectivity index (χ0n) is 17.3. The SMILES string of the molecule is CN=C(NCc1c(F)cccc1OC(F)F)N1CCC(OCC2CCCCO2)CC1. The summed E-state index contributed by atoms with van der Waals surface area (Å²) in [5, 5.41) is 3.06. The number of hydrogen-bond donors (Lipinski definition) is 1. The molecule has 0 aromatic heterocycles. The maximum atomic E-state index is 14.1. The van der Waals surface area contributed by atoms with Gasteiger partial charge in [0, 0.05) is 38.9 Å². The number of likely N-dealkylation sites (tertiary alicyclic amines) is 1. The van der Waals surface area contributed by atoms with Gasteiger partial charge in [0.1, 0.15) is 11.6 Å². The van der Waals surface area contributed by atoms with E-state index in [4.69, 9.17) is 9.47 Å². The summed E-state index contributed by atoms with van der Waals surface area (Å²) < 4.78 is 55.5. The summed E-state index contributed by atoms with van der Waals surface area (Å²) in [5.74, 6) is -0.187. The third-order valence-electron chi connectivity index (χ3n) is 5.46. The molecule has 0 spiro atoms. The molecule has 30 heavy (non-hydrogen) atoms. The van der Waals surface area contributed by atoms with Crippen molar-refractivity contribution in [1.82, 2.24) is 10.2 Å². The number of rotatable bonds is 7. The summed E-state index contributed by atoms with van der Waals surface area (Å²) in [4.78, 5) is 6.31. The zero-order valence-corrected chi connectivity index (χ0v) is 17.3. The fourth-order valence-electron chi connectivity index (χ4n) is 3.83. The highest BCUT2D eigenvalue weighted by molar-refractivity contribution is 5.80. The average molecular weight is 429 g/mol. The number of benzene rings is 1. The molecule has 2 saturated heterocycles. The summed E-state index contributed by atoms with van der Waals surface area (Å²) in [6.45, 7) is -0.0704. The lowest BCUT2D eigenvalue weighted by atomic mass is 10.1. The Kier molecular flexibility index (Phi) is 8.62. The number of piperidine rings is 1. The number of halogens is 3. The van der Waals surface area contributed by atoms with Gasteiger partial charge in [-0.15, -0.1) is 0 Å². The summed E-state index contributed by atoms with van der Waals surface area (Å²) in [7, 11) is 1.64. The molecule has 1 N–H and O–H groups in total. The molecule has 9 heteroatoms. The van der Waals surface area contributed by atoms with Crippen molar-refractivity contribution in [2.24, 2.45) is 4.99 Å². The minimum absolute atomic E-state index is 0.00313. The Morgan fingerprint density at radius 1 is 1.27 bits per heavy atom. The fourth-order valence-corrected chi connectivity index (χ4v) is 3.83. The van der Waals surface area contributed by atoms with Crippen LogP contribution in [0.1, 0.15) is 37.7 Å². The molecule has 0 amide bonds. The van der Waals surface area contributed by atoms with Crippen molar-refractivity contribution in [2.45, 2.75) is 57.5 Å². The maximum Gasteiger partial charge on any atom is 0.387 e. The molecule has 2 heterocycles. The van der Waals surface area contributed by atoms with Crippen LogP contribution in [0.2, 0.25) is 0 Å². The van der Waals surface area contributed by atoms with E-state index in [0.29, 0.717) is 12.6 Å². The first-order valence-electron chi connectivity index (χ1n) is 10.5. The zero-order chi connectivity index (χ0) is 21.3. The molecule has 0 aliphatic carbocycles. The van der Waals surface area contributed by atoms with Crippen molar-refractivity contribution in [2.75, 3.05) is 33.4 Å². The lowest BCUT2D eigenvalue weighted by Crippen LogP contribution is -2.47. The smallest absolute Gasteiger partial charge is 0.387 e. The Balaban J connectivity index is 1.47. The van der Waals surface area contributed by atoms with Gasteiger partial charge >= 0.3 is 6.61 Å². The molecule has 0 bridgehead atoms. The molecule has 1 aromatic rings. The predicted octanol–water partition coefficient (Wildman–Crippen LogP) is 3.55. The van der Waals surface area contributed by atoms with Crippen molar-refractivity contribution in [3.8, 4) is 5.75 Å². The second-order valence-corrected chi connectivity index (χ2v) is 7.50. The molecule has 6 nitrogen and oxygen atoms in total. The first-order chi connectivity index (χ1) is 14.6. The van der Waals surface area contributed by atoms with E-state index in [9.17, 15) is 13.2 Å². The summed E-state index contributed by atoms with van der Waals surface area (Å²) >= 11 is 0. The molecule has 0 saturated carbocycles. The molecule has 1 unspecified atom stereocenters. The van der Waals surface area contributed by atoms with Gasteiger partial charge in [-0.3, -0.25) is 4.99 Å². The maximum absolute atomic E-state index is 14.1. The van der Waals surface area contributed by atoms with Crippen LogP contribution in [0.25, 0.3) is 0 Å². The quantitative estimate of drug-likeness (QED) is 0.531. The number of hydrogen-bond acceptors (Lipinski definition) is 4. The van der Waals surface area contributed by atoms with Crippen LogP contribution in [-0.2, 0) is 16.0 Å². The van der Waals surface area contributed by atoms with Gasteiger partial charge in [-0.1, -0.05) is 6.07 Å². The van der Waals surface area contributed by atoms with Crippen LogP contribution in [-0.4, -0.2) is 63.0 Å². The molecule has 0 radical (unpaired) electrons. The number of aliphatic imine (C=N–C) groups is 1. The third kappa shape index (κ3) is 6.50. The molecule has 168 valence electrons. The van der Waals surface area contributed by atoms with E-state index in [1.54, 1.807) is 7.05 Å². The van der Waals surface area contributed by atoms with Crippen LogP contribution in [0.4, 0.5) is 13.2 Å². The van der Waals surface area contributed by atoms with Crippen LogP contribution in [0, 0.1) is 5.82 Å². The molecular weight excluding hydrogens is 399 g/mol. The second kappa shape index (κ2) is 11.4. The molecule has 1 aromatic carbocycles. The standard InChI is InChI=1S/C21H30F3N3O3/c1-25-21(26-13-17-18(22)6-4-7-19(17)30-20(23)24)27-10-8-15(9-11-27)29-14-16-5-2-3-12-28-16/h4,6-7,15-16,20H,2-3,5,8-14H2,1H3,(H,25,26). The van der Waals surface area contributed by atoms with Gasteiger partial charge in [-0.25, -0.2) is 4.39 Å². The highest BCUT2D eigenvalue weighted by atomic mass is 19.3. The van der Waals surface area contributed by atoms with Crippen molar-refractivity contribution in [1.29, 1.82) is 0 Å². The largest absolute Gasteiger partial charge is 0.434 e. The topological polar surface area (TPSA) is 55.3 Å². The lowest BCUT2D eigenvalue weighted by Gasteiger charge is -2.35. The molecular formula is C21H30F3N3O3. The van der Waals surface area contributed by atoms with Crippen LogP contribution in [0.3, 0.4) is 0 Å². The summed E-state index contributed by atoms with van der Waals surface area (Å²) in [5.41, 5.74) is 0.0460. The minimum Gasteiger partial charge on any atom is -0.434 e. The van der Waals surface area contributed by atoms with E-state index in [2.05, 4.69) is 19.9 Å². The number of alkyl halides is 2. The van der Waals surface area contributed by atoms with E-state index in [0.717, 1.165) is 45.4 Å². The molecule has 2 aliphatic heterocycles. The van der Waals surface area contributed by atoms with Gasteiger partial charge < -0.3 is 24.4 Å². The van der Waals surface area contributed by atoms with Crippen molar-refractivity contribution in [3.63, 3.8) is 0 Å². The molecule has 1 atom stereocenters. The normalized spacial score (nSPS) is 21.2. The number of nitrogens with one attached hydrogen (secondary N) is 1. The Morgan fingerprint density at radius 3 is 2.73 bits per heavy atom. The van der Waals surface area contributed by atoms with Gasteiger partial charge in [-0.2, -0.15) is 8.78 Å². The Bertz CT molecular complexity index is 691. The highest BCUT2D eigenvalue weighted by Crippen LogP contribution is 2.23. The van der Waals surface area contributed by atoms with Gasteiger partial charge in [0.25, 0.3) is 0 Å². The second-order valence-electron chi connectivity index (χ2n) is 7.50. The summed E-state index contributed by atoms with van der Waals surface area (Å²) in [6, 6.07) is 3.89.